The van der Waals surface area contributed by atoms with Gasteiger partial charge in [0, 0.05) is 24.7 Å². The first-order chi connectivity index (χ1) is 13.0. The van der Waals surface area contributed by atoms with Crippen molar-refractivity contribution >= 4 is 16.8 Å². The van der Waals surface area contributed by atoms with Gasteiger partial charge in [0.25, 0.3) is 5.91 Å². The van der Waals surface area contributed by atoms with E-state index >= 15 is 0 Å². The van der Waals surface area contributed by atoms with Gasteiger partial charge in [-0.2, -0.15) is 5.10 Å². The number of nitrogens with one attached hydrogen (secondary N) is 1. The Morgan fingerprint density at radius 3 is 2.70 bits per heavy atom. The lowest BCUT2D eigenvalue weighted by Gasteiger charge is -2.26. The van der Waals surface area contributed by atoms with Gasteiger partial charge in [-0.05, 0) is 37.8 Å². The number of halogens is 1. The second-order valence-corrected chi connectivity index (χ2v) is 7.02. The average Bonchev–Trinajstić information content (AvgIpc) is 3.00. The molecule has 0 aliphatic heterocycles. The smallest absolute Gasteiger partial charge is 0.253 e. The average molecular weight is 368 g/mol. The molecule has 2 aromatic heterocycles. The fraction of sp³-hybridized carbons (Fsp3) is 0.350. The molecule has 0 spiro atoms. The van der Waals surface area contributed by atoms with E-state index in [1.807, 2.05) is 24.3 Å². The number of carbonyl (C=O) groups is 1. The van der Waals surface area contributed by atoms with Crippen molar-refractivity contribution in [2.24, 2.45) is 7.05 Å². The summed E-state index contributed by atoms with van der Waals surface area (Å²) < 4.78 is 16.4. The van der Waals surface area contributed by atoms with Gasteiger partial charge in [0.1, 0.15) is 11.4 Å². The fourth-order valence-corrected chi connectivity index (χ4v) is 3.61. The maximum Gasteiger partial charge on any atom is 0.253 e. The molecular weight excluding hydrogens is 347 g/mol. The minimum absolute atomic E-state index is 0.00312. The van der Waals surface area contributed by atoms with Crippen molar-refractivity contribution in [3.63, 3.8) is 0 Å². The van der Waals surface area contributed by atoms with E-state index in [0.29, 0.717) is 18.5 Å². The first kappa shape index (κ1) is 17.6. The Balaban J connectivity index is 1.58. The molecule has 1 saturated carbocycles. The largest absolute Gasteiger partial charge is 0.393 e. The molecule has 1 aliphatic rings. The highest BCUT2D eigenvalue weighted by Crippen LogP contribution is 2.28. The molecule has 2 heterocycles. The number of aliphatic hydroxyl groups is 1. The van der Waals surface area contributed by atoms with Gasteiger partial charge in [0.2, 0.25) is 0 Å². The molecule has 0 unspecified atom stereocenters. The molecule has 1 aromatic carbocycles. The van der Waals surface area contributed by atoms with Crippen molar-refractivity contribution in [2.75, 3.05) is 0 Å². The Bertz CT molecular complexity index is 993. The Kier molecular flexibility index (Phi) is 4.61. The number of aromatic nitrogens is 3. The SMILES string of the molecule is Cn1nc(-c2ncc(C(=O)NC3CCC(O)CC3)cc2F)c2ccccc21. The number of nitrogens with zero attached hydrogens (tertiary/aromatic N) is 3. The molecule has 1 amide bonds. The number of pyridine rings is 1. The summed E-state index contributed by atoms with van der Waals surface area (Å²) in [6.07, 6.45) is 3.88. The number of aryl methyl sites for hydroxylation is 1. The van der Waals surface area contributed by atoms with E-state index in [9.17, 15) is 14.3 Å². The van der Waals surface area contributed by atoms with Gasteiger partial charge in [-0.15, -0.1) is 0 Å². The van der Waals surface area contributed by atoms with Gasteiger partial charge in [-0.25, -0.2) is 4.39 Å². The topological polar surface area (TPSA) is 80.0 Å². The predicted molar refractivity (Wildman–Crippen MR) is 99.6 cm³/mol. The van der Waals surface area contributed by atoms with E-state index in [1.54, 1.807) is 11.7 Å². The third-order valence-corrected chi connectivity index (χ3v) is 5.12. The summed E-state index contributed by atoms with van der Waals surface area (Å²) >= 11 is 0. The van der Waals surface area contributed by atoms with Crippen molar-refractivity contribution in [1.29, 1.82) is 0 Å². The van der Waals surface area contributed by atoms with E-state index in [0.717, 1.165) is 23.7 Å². The molecule has 0 atom stereocenters. The highest BCUT2D eigenvalue weighted by molar-refractivity contribution is 5.95. The monoisotopic (exact) mass is 368 g/mol. The molecule has 1 fully saturated rings. The highest BCUT2D eigenvalue weighted by atomic mass is 19.1. The van der Waals surface area contributed by atoms with Crippen molar-refractivity contribution in [3.05, 3.63) is 47.9 Å². The van der Waals surface area contributed by atoms with Gasteiger partial charge in [0.05, 0.1) is 17.2 Å². The first-order valence-electron chi connectivity index (χ1n) is 9.09. The Labute approximate surface area is 156 Å². The summed E-state index contributed by atoms with van der Waals surface area (Å²) in [6, 6.07) is 8.76. The molecule has 4 rings (SSSR count). The minimum atomic E-state index is -0.578. The molecule has 0 bridgehead atoms. The first-order valence-corrected chi connectivity index (χ1v) is 9.09. The molecule has 27 heavy (non-hydrogen) atoms. The van der Waals surface area contributed by atoms with Crippen molar-refractivity contribution < 1.29 is 14.3 Å². The number of hydrogen-bond donors (Lipinski definition) is 2. The van der Waals surface area contributed by atoms with Crippen LogP contribution in [0.2, 0.25) is 0 Å². The lowest BCUT2D eigenvalue weighted by molar-refractivity contribution is 0.0867. The van der Waals surface area contributed by atoms with Crippen LogP contribution in [0.3, 0.4) is 0 Å². The van der Waals surface area contributed by atoms with E-state index in [2.05, 4.69) is 15.4 Å². The normalized spacial score (nSPS) is 20.0. The van der Waals surface area contributed by atoms with Crippen LogP contribution in [-0.4, -0.2) is 37.9 Å². The zero-order valence-corrected chi connectivity index (χ0v) is 15.0. The zero-order valence-electron chi connectivity index (χ0n) is 15.0. The maximum atomic E-state index is 14.7. The second-order valence-electron chi connectivity index (χ2n) is 7.02. The number of carbonyl (C=O) groups excluding carboxylic acids is 1. The Morgan fingerprint density at radius 2 is 1.96 bits per heavy atom. The lowest BCUT2D eigenvalue weighted by Crippen LogP contribution is -2.38. The molecule has 1 aliphatic carbocycles. The van der Waals surface area contributed by atoms with Crippen LogP contribution < -0.4 is 5.32 Å². The predicted octanol–water partition coefficient (Wildman–Crippen LogP) is 2.81. The summed E-state index contributed by atoms with van der Waals surface area (Å²) in [5.41, 5.74) is 1.65. The van der Waals surface area contributed by atoms with Crippen molar-refractivity contribution in [1.82, 2.24) is 20.1 Å². The zero-order chi connectivity index (χ0) is 19.0. The number of para-hydroxylation sites is 1. The maximum absolute atomic E-state index is 14.7. The number of amides is 1. The number of benzene rings is 1. The fourth-order valence-electron chi connectivity index (χ4n) is 3.61. The lowest BCUT2D eigenvalue weighted by atomic mass is 9.93. The molecule has 2 N–H and O–H groups in total. The molecule has 0 radical (unpaired) electrons. The van der Waals surface area contributed by atoms with E-state index < -0.39 is 5.82 Å². The summed E-state index contributed by atoms with van der Waals surface area (Å²) in [6.45, 7) is 0. The minimum Gasteiger partial charge on any atom is -0.393 e. The molecule has 7 heteroatoms. The van der Waals surface area contributed by atoms with Crippen LogP contribution >= 0.6 is 0 Å². The van der Waals surface area contributed by atoms with Crippen LogP contribution in [-0.2, 0) is 7.05 Å². The van der Waals surface area contributed by atoms with E-state index in [4.69, 9.17) is 0 Å². The van der Waals surface area contributed by atoms with Crippen LogP contribution in [0.15, 0.2) is 36.5 Å². The van der Waals surface area contributed by atoms with Crippen LogP contribution in [0, 0.1) is 5.82 Å². The van der Waals surface area contributed by atoms with Gasteiger partial charge in [-0.3, -0.25) is 14.5 Å². The molecular formula is C20H21FN4O2. The van der Waals surface area contributed by atoms with Crippen LogP contribution in [0.4, 0.5) is 4.39 Å². The number of hydrogen-bond acceptors (Lipinski definition) is 4. The third-order valence-electron chi connectivity index (χ3n) is 5.12. The van der Waals surface area contributed by atoms with Crippen LogP contribution in [0.1, 0.15) is 36.0 Å². The van der Waals surface area contributed by atoms with Crippen LogP contribution in [0.5, 0.6) is 0 Å². The summed E-state index contributed by atoms with van der Waals surface area (Å²) in [7, 11) is 1.80. The summed E-state index contributed by atoms with van der Waals surface area (Å²) in [4.78, 5) is 16.6. The number of fused-ring (bicyclic) bond motifs is 1. The quantitative estimate of drug-likeness (QED) is 0.745. The standard InChI is InChI=1S/C20H21FN4O2/c1-25-17-5-3-2-4-15(17)18(24-25)19-16(21)10-12(11-22-19)20(27)23-13-6-8-14(26)9-7-13/h2-5,10-11,13-14,26H,6-9H2,1H3,(H,23,27). The molecule has 6 nitrogen and oxygen atoms in total. The van der Waals surface area contributed by atoms with Gasteiger partial charge < -0.3 is 10.4 Å². The third kappa shape index (κ3) is 3.42. The van der Waals surface area contributed by atoms with Gasteiger partial charge >= 0.3 is 0 Å². The summed E-state index contributed by atoms with van der Waals surface area (Å²) in [5, 5.41) is 17.6. The Morgan fingerprint density at radius 1 is 1.22 bits per heavy atom. The molecule has 3 aromatic rings. The van der Waals surface area contributed by atoms with Gasteiger partial charge in [0.15, 0.2) is 5.82 Å². The number of aliphatic hydroxyl groups excluding tert-OH is 1. The van der Waals surface area contributed by atoms with Crippen LogP contribution in [0.25, 0.3) is 22.3 Å². The van der Waals surface area contributed by atoms with E-state index in [-0.39, 0.29) is 29.3 Å². The number of rotatable bonds is 3. The van der Waals surface area contributed by atoms with Crippen molar-refractivity contribution in [2.45, 2.75) is 37.8 Å². The molecule has 140 valence electrons. The second kappa shape index (κ2) is 7.08. The summed E-state index contributed by atoms with van der Waals surface area (Å²) in [5.74, 6) is -0.925. The van der Waals surface area contributed by atoms with Gasteiger partial charge in [-0.1, -0.05) is 18.2 Å². The Hall–Kier alpha value is -2.80. The van der Waals surface area contributed by atoms with Crippen molar-refractivity contribution in [3.8, 4) is 11.4 Å². The highest BCUT2D eigenvalue weighted by Gasteiger charge is 2.22. The van der Waals surface area contributed by atoms with E-state index in [1.165, 1.54) is 12.3 Å². The molecule has 0 saturated heterocycles.